The van der Waals surface area contributed by atoms with Crippen LogP contribution in [0.3, 0.4) is 0 Å². The van der Waals surface area contributed by atoms with Crippen molar-refractivity contribution in [1.82, 2.24) is 9.47 Å². The molecule has 0 aliphatic carbocycles. The van der Waals surface area contributed by atoms with E-state index in [1.807, 2.05) is 0 Å². The minimum Gasteiger partial charge on any atom is -0.342 e. The number of fused-ring (bicyclic) bond motifs is 3. The molecule has 3 heteroatoms. The van der Waals surface area contributed by atoms with Crippen molar-refractivity contribution in [1.29, 1.82) is 0 Å². The highest BCUT2D eigenvalue weighted by Crippen LogP contribution is 2.26. The first-order chi connectivity index (χ1) is 8.29. The van der Waals surface area contributed by atoms with E-state index >= 15 is 0 Å². The minimum absolute atomic E-state index is 0.749. The van der Waals surface area contributed by atoms with Gasteiger partial charge >= 0.3 is 0 Å². The second-order valence-corrected chi connectivity index (χ2v) is 4.86. The topological polar surface area (TPSA) is 34.2 Å². The van der Waals surface area contributed by atoms with Gasteiger partial charge in [0.1, 0.15) is 0 Å². The van der Waals surface area contributed by atoms with E-state index in [-0.39, 0.29) is 0 Å². The molecule has 90 valence electrons. The van der Waals surface area contributed by atoms with E-state index in [0.29, 0.717) is 0 Å². The van der Waals surface area contributed by atoms with E-state index in [0.717, 1.165) is 32.7 Å². The molecule has 2 N–H and O–H groups in total. The Morgan fingerprint density at radius 2 is 2.18 bits per heavy atom. The van der Waals surface area contributed by atoms with Crippen molar-refractivity contribution in [3.05, 3.63) is 35.5 Å². The standard InChI is InChI=1S/C14H19N3/c1-11-3-2-4-12-9-13-10-16(6-5-15)7-8-17(13)14(11)12/h2-4,9H,5-8,10,15H2,1H3. The van der Waals surface area contributed by atoms with Crippen molar-refractivity contribution in [3.63, 3.8) is 0 Å². The van der Waals surface area contributed by atoms with Gasteiger partial charge in [0.2, 0.25) is 0 Å². The van der Waals surface area contributed by atoms with Crippen molar-refractivity contribution < 1.29 is 0 Å². The predicted molar refractivity (Wildman–Crippen MR) is 71.0 cm³/mol. The molecular weight excluding hydrogens is 210 g/mol. The maximum atomic E-state index is 5.63. The Hall–Kier alpha value is -1.32. The molecule has 0 fully saturated rings. The van der Waals surface area contributed by atoms with Gasteiger partial charge in [-0.1, -0.05) is 18.2 Å². The number of nitrogens with zero attached hydrogens (tertiary/aromatic N) is 2. The first-order valence-electron chi connectivity index (χ1n) is 6.30. The highest BCUT2D eigenvalue weighted by Gasteiger charge is 2.18. The predicted octanol–water partition coefficient (Wildman–Crippen LogP) is 1.72. The van der Waals surface area contributed by atoms with Crippen LogP contribution in [0.2, 0.25) is 0 Å². The molecule has 3 rings (SSSR count). The maximum absolute atomic E-state index is 5.63. The molecule has 1 aliphatic heterocycles. The van der Waals surface area contributed by atoms with Crippen LogP contribution < -0.4 is 5.73 Å². The van der Waals surface area contributed by atoms with Crippen LogP contribution in [0.5, 0.6) is 0 Å². The Bertz CT molecular complexity index is 542. The third kappa shape index (κ3) is 1.75. The van der Waals surface area contributed by atoms with Gasteiger partial charge < -0.3 is 10.3 Å². The molecule has 0 amide bonds. The number of aryl methyl sites for hydroxylation is 1. The Morgan fingerprint density at radius 1 is 1.29 bits per heavy atom. The second kappa shape index (κ2) is 4.17. The summed E-state index contributed by atoms with van der Waals surface area (Å²) in [7, 11) is 0. The summed E-state index contributed by atoms with van der Waals surface area (Å²) in [5, 5.41) is 1.37. The summed E-state index contributed by atoms with van der Waals surface area (Å²) in [6.07, 6.45) is 0. The van der Waals surface area contributed by atoms with Crippen molar-refractivity contribution in [2.45, 2.75) is 20.0 Å². The molecule has 1 aromatic carbocycles. The molecule has 0 saturated carbocycles. The summed E-state index contributed by atoms with van der Waals surface area (Å²) in [5.41, 5.74) is 9.84. The molecular formula is C14H19N3. The lowest BCUT2D eigenvalue weighted by Crippen LogP contribution is -2.36. The van der Waals surface area contributed by atoms with Gasteiger partial charge in [-0.15, -0.1) is 0 Å². The molecule has 2 aromatic rings. The summed E-state index contributed by atoms with van der Waals surface area (Å²) in [4.78, 5) is 2.43. The van der Waals surface area contributed by atoms with Gasteiger partial charge in [-0.05, 0) is 18.6 Å². The maximum Gasteiger partial charge on any atom is 0.0513 e. The van der Waals surface area contributed by atoms with Gasteiger partial charge in [-0.25, -0.2) is 0 Å². The lowest BCUT2D eigenvalue weighted by atomic mass is 10.2. The van der Waals surface area contributed by atoms with E-state index in [4.69, 9.17) is 5.73 Å². The lowest BCUT2D eigenvalue weighted by molar-refractivity contribution is 0.229. The average molecular weight is 229 g/mol. The van der Waals surface area contributed by atoms with Crippen LogP contribution in [0.1, 0.15) is 11.3 Å². The van der Waals surface area contributed by atoms with Crippen LogP contribution in [-0.2, 0) is 13.1 Å². The van der Waals surface area contributed by atoms with Gasteiger partial charge in [0.25, 0.3) is 0 Å². The third-order valence-electron chi connectivity index (χ3n) is 3.68. The van der Waals surface area contributed by atoms with Crippen molar-refractivity contribution in [2.24, 2.45) is 5.73 Å². The fraction of sp³-hybridized carbons (Fsp3) is 0.429. The van der Waals surface area contributed by atoms with Gasteiger partial charge in [-0.3, -0.25) is 4.90 Å². The Kier molecular flexibility index (Phi) is 2.65. The molecule has 0 spiro atoms. The molecule has 3 nitrogen and oxygen atoms in total. The number of rotatable bonds is 2. The van der Waals surface area contributed by atoms with Crippen LogP contribution in [0.4, 0.5) is 0 Å². The quantitative estimate of drug-likeness (QED) is 0.851. The number of benzene rings is 1. The Morgan fingerprint density at radius 3 is 3.00 bits per heavy atom. The van der Waals surface area contributed by atoms with Crippen LogP contribution >= 0.6 is 0 Å². The van der Waals surface area contributed by atoms with Gasteiger partial charge in [-0.2, -0.15) is 0 Å². The van der Waals surface area contributed by atoms with Crippen molar-refractivity contribution in [2.75, 3.05) is 19.6 Å². The molecule has 1 aromatic heterocycles. The van der Waals surface area contributed by atoms with E-state index in [2.05, 4.69) is 40.7 Å². The zero-order chi connectivity index (χ0) is 11.8. The molecule has 17 heavy (non-hydrogen) atoms. The number of nitrogens with two attached hydrogens (primary N) is 1. The largest absolute Gasteiger partial charge is 0.342 e. The average Bonchev–Trinajstić information content (AvgIpc) is 2.68. The van der Waals surface area contributed by atoms with Gasteiger partial charge in [0.15, 0.2) is 0 Å². The molecule has 0 bridgehead atoms. The fourth-order valence-corrected chi connectivity index (χ4v) is 2.88. The first-order valence-corrected chi connectivity index (χ1v) is 6.30. The lowest BCUT2D eigenvalue weighted by Gasteiger charge is -2.28. The summed E-state index contributed by atoms with van der Waals surface area (Å²) in [6, 6.07) is 8.87. The van der Waals surface area contributed by atoms with E-state index in [9.17, 15) is 0 Å². The molecule has 0 atom stereocenters. The smallest absolute Gasteiger partial charge is 0.0513 e. The summed E-state index contributed by atoms with van der Waals surface area (Å²) in [6.45, 7) is 7.18. The Balaban J connectivity index is 2.05. The van der Waals surface area contributed by atoms with Crippen LogP contribution in [-0.4, -0.2) is 29.1 Å². The number of aromatic nitrogens is 1. The van der Waals surface area contributed by atoms with Crippen LogP contribution in [0.15, 0.2) is 24.3 Å². The number of hydrogen-bond donors (Lipinski definition) is 1. The van der Waals surface area contributed by atoms with E-state index < -0.39 is 0 Å². The summed E-state index contributed by atoms with van der Waals surface area (Å²) < 4.78 is 2.47. The molecule has 0 unspecified atom stereocenters. The zero-order valence-corrected chi connectivity index (χ0v) is 10.3. The normalized spacial score (nSPS) is 16.4. The highest BCUT2D eigenvalue weighted by atomic mass is 15.2. The summed E-state index contributed by atoms with van der Waals surface area (Å²) in [5.74, 6) is 0. The van der Waals surface area contributed by atoms with Crippen molar-refractivity contribution in [3.8, 4) is 0 Å². The fourth-order valence-electron chi connectivity index (χ4n) is 2.88. The second-order valence-electron chi connectivity index (χ2n) is 4.86. The first kappa shape index (κ1) is 10.8. The summed E-state index contributed by atoms with van der Waals surface area (Å²) >= 11 is 0. The van der Waals surface area contributed by atoms with Crippen LogP contribution in [0.25, 0.3) is 10.9 Å². The third-order valence-corrected chi connectivity index (χ3v) is 3.68. The molecule has 0 saturated heterocycles. The Labute approximate surface area is 102 Å². The monoisotopic (exact) mass is 229 g/mol. The van der Waals surface area contributed by atoms with E-state index in [1.54, 1.807) is 0 Å². The highest BCUT2D eigenvalue weighted by molar-refractivity contribution is 5.84. The van der Waals surface area contributed by atoms with Crippen LogP contribution in [0, 0.1) is 6.92 Å². The van der Waals surface area contributed by atoms with Crippen molar-refractivity contribution >= 4 is 10.9 Å². The van der Waals surface area contributed by atoms with Gasteiger partial charge in [0.05, 0.1) is 5.52 Å². The molecule has 2 heterocycles. The number of hydrogen-bond acceptors (Lipinski definition) is 2. The van der Waals surface area contributed by atoms with E-state index in [1.165, 1.54) is 22.2 Å². The SMILES string of the molecule is Cc1cccc2cc3n(c12)CCN(CCN)C3. The number of para-hydroxylation sites is 1. The minimum atomic E-state index is 0.749. The zero-order valence-electron chi connectivity index (χ0n) is 10.3. The van der Waals surface area contributed by atoms with Gasteiger partial charge in [0, 0.05) is 43.8 Å². The molecule has 0 radical (unpaired) electrons. The molecule has 1 aliphatic rings.